The van der Waals surface area contributed by atoms with Crippen molar-refractivity contribution in [3.05, 3.63) is 0 Å². The predicted molar refractivity (Wildman–Crippen MR) is 69.5 cm³/mol. The molecular weight excluding hydrogens is 246 g/mol. The van der Waals surface area contributed by atoms with E-state index in [2.05, 4.69) is 0 Å². The van der Waals surface area contributed by atoms with E-state index in [0.717, 1.165) is 12.8 Å². The quantitative estimate of drug-likeness (QED) is 0.720. The number of amides is 1. The molecule has 1 saturated carbocycles. The first-order valence-corrected chi connectivity index (χ1v) is 6.87. The molecule has 1 heterocycles. The SMILES string of the molecule is COC(=O)[C@H]1CN(C(=O)OC(C)(C)C)C[C@H]1C1CC1. The first kappa shape index (κ1) is 14.2. The zero-order valence-electron chi connectivity index (χ0n) is 12.1. The minimum Gasteiger partial charge on any atom is -0.469 e. The highest BCUT2D eigenvalue weighted by molar-refractivity contribution is 5.76. The molecule has 0 N–H and O–H groups in total. The summed E-state index contributed by atoms with van der Waals surface area (Å²) < 4.78 is 10.2. The van der Waals surface area contributed by atoms with Crippen LogP contribution in [0.3, 0.4) is 0 Å². The van der Waals surface area contributed by atoms with Crippen molar-refractivity contribution in [1.82, 2.24) is 4.90 Å². The van der Waals surface area contributed by atoms with E-state index < -0.39 is 5.60 Å². The van der Waals surface area contributed by atoms with Gasteiger partial charge in [-0.3, -0.25) is 4.79 Å². The summed E-state index contributed by atoms with van der Waals surface area (Å²) in [5.41, 5.74) is -0.504. The van der Waals surface area contributed by atoms with Crippen LogP contribution in [0.5, 0.6) is 0 Å². The molecule has 0 aromatic carbocycles. The lowest BCUT2D eigenvalue weighted by molar-refractivity contribution is -0.146. The number of likely N-dealkylation sites (tertiary alicyclic amines) is 1. The summed E-state index contributed by atoms with van der Waals surface area (Å²) in [6.45, 7) is 6.56. The number of nitrogens with zero attached hydrogens (tertiary/aromatic N) is 1. The Morgan fingerprint density at radius 2 is 1.79 bits per heavy atom. The number of ether oxygens (including phenoxy) is 2. The molecule has 108 valence electrons. The van der Waals surface area contributed by atoms with Crippen molar-refractivity contribution in [2.24, 2.45) is 17.8 Å². The standard InChI is InChI=1S/C14H23NO4/c1-14(2,3)19-13(17)15-7-10(9-5-6-9)11(8-15)12(16)18-4/h9-11H,5-8H2,1-4H3/t10-,11-/m0/s1. The van der Waals surface area contributed by atoms with Crippen molar-refractivity contribution >= 4 is 12.1 Å². The van der Waals surface area contributed by atoms with E-state index in [9.17, 15) is 9.59 Å². The van der Waals surface area contributed by atoms with Crippen molar-refractivity contribution in [1.29, 1.82) is 0 Å². The van der Waals surface area contributed by atoms with Gasteiger partial charge < -0.3 is 14.4 Å². The third kappa shape index (κ3) is 3.39. The van der Waals surface area contributed by atoms with Crippen LogP contribution >= 0.6 is 0 Å². The van der Waals surface area contributed by atoms with Crippen LogP contribution in [-0.4, -0.2) is 42.8 Å². The largest absolute Gasteiger partial charge is 0.469 e. The van der Waals surface area contributed by atoms with E-state index in [-0.39, 0.29) is 23.9 Å². The number of carbonyl (C=O) groups is 2. The Hall–Kier alpha value is -1.26. The average molecular weight is 269 g/mol. The van der Waals surface area contributed by atoms with E-state index in [1.807, 2.05) is 20.8 Å². The number of rotatable bonds is 2. The van der Waals surface area contributed by atoms with Crippen LogP contribution in [0.25, 0.3) is 0 Å². The summed E-state index contributed by atoms with van der Waals surface area (Å²) in [5.74, 6) is 0.407. The summed E-state index contributed by atoms with van der Waals surface area (Å²) in [6.07, 6.45) is 1.98. The van der Waals surface area contributed by atoms with Crippen molar-refractivity contribution in [2.45, 2.75) is 39.2 Å². The lowest BCUT2D eigenvalue weighted by Crippen LogP contribution is -2.36. The molecule has 0 bridgehead atoms. The van der Waals surface area contributed by atoms with Crippen LogP contribution in [0, 0.1) is 17.8 Å². The van der Waals surface area contributed by atoms with Crippen LogP contribution in [0.4, 0.5) is 4.79 Å². The highest BCUT2D eigenvalue weighted by Crippen LogP contribution is 2.44. The van der Waals surface area contributed by atoms with Gasteiger partial charge in [0.15, 0.2) is 0 Å². The smallest absolute Gasteiger partial charge is 0.410 e. The molecule has 0 spiro atoms. The van der Waals surface area contributed by atoms with E-state index in [1.165, 1.54) is 7.11 Å². The minimum absolute atomic E-state index is 0.190. The van der Waals surface area contributed by atoms with Crippen molar-refractivity contribution in [3.8, 4) is 0 Å². The van der Waals surface area contributed by atoms with Gasteiger partial charge in [0.1, 0.15) is 5.60 Å². The fourth-order valence-electron chi connectivity index (χ4n) is 2.71. The van der Waals surface area contributed by atoms with Crippen LogP contribution in [-0.2, 0) is 14.3 Å². The fourth-order valence-corrected chi connectivity index (χ4v) is 2.71. The molecule has 2 fully saturated rings. The first-order valence-electron chi connectivity index (χ1n) is 6.87. The van der Waals surface area contributed by atoms with Crippen LogP contribution < -0.4 is 0 Å². The maximum Gasteiger partial charge on any atom is 0.410 e. The zero-order chi connectivity index (χ0) is 14.2. The molecule has 5 heteroatoms. The molecule has 1 aliphatic heterocycles. The van der Waals surface area contributed by atoms with Gasteiger partial charge in [-0.05, 0) is 45.4 Å². The molecule has 2 aliphatic rings. The van der Waals surface area contributed by atoms with Crippen molar-refractivity contribution in [2.75, 3.05) is 20.2 Å². The fraction of sp³-hybridized carbons (Fsp3) is 0.857. The normalized spacial score (nSPS) is 27.3. The number of hydrogen-bond donors (Lipinski definition) is 0. The van der Waals surface area contributed by atoms with Gasteiger partial charge in [0, 0.05) is 13.1 Å². The van der Waals surface area contributed by atoms with Crippen molar-refractivity contribution in [3.63, 3.8) is 0 Å². The Morgan fingerprint density at radius 1 is 1.16 bits per heavy atom. The molecule has 1 saturated heterocycles. The molecule has 1 aliphatic carbocycles. The van der Waals surface area contributed by atoms with Gasteiger partial charge in [-0.15, -0.1) is 0 Å². The van der Waals surface area contributed by atoms with Gasteiger partial charge in [0.05, 0.1) is 13.0 Å². The Kier molecular flexibility index (Phi) is 3.74. The molecule has 1 amide bonds. The van der Waals surface area contributed by atoms with Gasteiger partial charge in [0.2, 0.25) is 0 Å². The highest BCUT2D eigenvalue weighted by atomic mass is 16.6. The second kappa shape index (κ2) is 5.02. The summed E-state index contributed by atoms with van der Waals surface area (Å²) in [4.78, 5) is 25.5. The number of methoxy groups -OCH3 is 1. The Labute approximate surface area is 114 Å². The van der Waals surface area contributed by atoms with E-state index in [4.69, 9.17) is 9.47 Å². The number of esters is 1. The maximum absolute atomic E-state index is 12.1. The van der Waals surface area contributed by atoms with Crippen LogP contribution in [0.2, 0.25) is 0 Å². The molecule has 2 atom stereocenters. The van der Waals surface area contributed by atoms with Gasteiger partial charge in [-0.25, -0.2) is 4.79 Å². The second-order valence-corrected chi connectivity index (χ2v) is 6.52. The van der Waals surface area contributed by atoms with E-state index in [0.29, 0.717) is 19.0 Å². The molecular formula is C14H23NO4. The van der Waals surface area contributed by atoms with E-state index in [1.54, 1.807) is 4.90 Å². The maximum atomic E-state index is 12.1. The summed E-state index contributed by atoms with van der Waals surface area (Å²) in [6, 6.07) is 0. The van der Waals surface area contributed by atoms with E-state index >= 15 is 0 Å². The second-order valence-electron chi connectivity index (χ2n) is 6.52. The van der Waals surface area contributed by atoms with Crippen molar-refractivity contribution < 1.29 is 19.1 Å². The van der Waals surface area contributed by atoms with Gasteiger partial charge in [0.25, 0.3) is 0 Å². The van der Waals surface area contributed by atoms with Gasteiger partial charge in [-0.1, -0.05) is 0 Å². The summed E-state index contributed by atoms with van der Waals surface area (Å²) >= 11 is 0. The monoisotopic (exact) mass is 269 g/mol. The lowest BCUT2D eigenvalue weighted by Gasteiger charge is -2.24. The molecule has 0 radical (unpaired) electrons. The van der Waals surface area contributed by atoms with Gasteiger partial charge in [-0.2, -0.15) is 0 Å². The Morgan fingerprint density at radius 3 is 2.26 bits per heavy atom. The first-order chi connectivity index (χ1) is 8.81. The molecule has 19 heavy (non-hydrogen) atoms. The predicted octanol–water partition coefficient (Wildman–Crippen LogP) is 2.05. The average Bonchev–Trinajstić information content (AvgIpc) is 3.05. The van der Waals surface area contributed by atoms with Crippen LogP contribution in [0.1, 0.15) is 33.6 Å². The molecule has 0 aromatic heterocycles. The molecule has 2 rings (SSSR count). The summed E-state index contributed by atoms with van der Waals surface area (Å²) in [5, 5.41) is 0. The number of hydrogen-bond acceptors (Lipinski definition) is 4. The zero-order valence-corrected chi connectivity index (χ0v) is 12.1. The molecule has 5 nitrogen and oxygen atoms in total. The Bertz CT molecular complexity index is 370. The number of carbonyl (C=O) groups excluding carboxylic acids is 2. The molecule has 0 unspecified atom stereocenters. The highest BCUT2D eigenvalue weighted by Gasteiger charge is 2.48. The molecule has 0 aromatic rings. The third-order valence-electron chi connectivity index (χ3n) is 3.75. The Balaban J connectivity index is 2.01. The third-order valence-corrected chi connectivity index (χ3v) is 3.75. The van der Waals surface area contributed by atoms with Gasteiger partial charge >= 0.3 is 12.1 Å². The van der Waals surface area contributed by atoms with Crippen LogP contribution in [0.15, 0.2) is 0 Å². The topological polar surface area (TPSA) is 55.8 Å². The minimum atomic E-state index is -0.504. The summed E-state index contributed by atoms with van der Waals surface area (Å²) in [7, 11) is 1.41. The lowest BCUT2D eigenvalue weighted by atomic mass is 9.92.